The van der Waals surface area contributed by atoms with E-state index in [1.807, 2.05) is 30.3 Å². The average molecular weight is 316 g/mol. The molecule has 3 rings (SSSR count). The van der Waals surface area contributed by atoms with E-state index in [2.05, 4.69) is 9.71 Å². The summed E-state index contributed by atoms with van der Waals surface area (Å²) in [4.78, 5) is 13.1. The van der Waals surface area contributed by atoms with Crippen LogP contribution in [0.25, 0.3) is 10.8 Å². The van der Waals surface area contributed by atoms with Crippen molar-refractivity contribution in [1.82, 2.24) is 4.98 Å². The standard InChI is InChI=1S/C15H12N2O4S/c18-15(19)14-8-13(9-16-14)22(20,21)17-12-6-5-10-3-1-2-4-11(10)7-12/h1-9,16-17H,(H,18,19). The Morgan fingerprint density at radius 3 is 2.45 bits per heavy atom. The summed E-state index contributed by atoms with van der Waals surface area (Å²) in [5.41, 5.74) is 0.232. The number of benzene rings is 2. The Balaban J connectivity index is 1.93. The van der Waals surface area contributed by atoms with Gasteiger partial charge in [0.1, 0.15) is 10.6 Å². The molecule has 3 aromatic rings. The molecule has 1 heterocycles. The number of anilines is 1. The second-order valence-corrected chi connectivity index (χ2v) is 6.40. The number of fused-ring (bicyclic) bond motifs is 1. The van der Waals surface area contributed by atoms with E-state index < -0.39 is 16.0 Å². The molecular formula is C15H12N2O4S. The number of carbonyl (C=O) groups is 1. The number of aromatic amines is 1. The van der Waals surface area contributed by atoms with Crippen LogP contribution in [0.2, 0.25) is 0 Å². The molecule has 3 N–H and O–H groups in total. The van der Waals surface area contributed by atoms with E-state index in [0.717, 1.165) is 23.0 Å². The van der Waals surface area contributed by atoms with E-state index in [1.165, 1.54) is 0 Å². The average Bonchev–Trinajstić information content (AvgIpc) is 2.97. The maximum absolute atomic E-state index is 12.2. The number of hydrogen-bond acceptors (Lipinski definition) is 3. The van der Waals surface area contributed by atoms with E-state index in [1.54, 1.807) is 12.1 Å². The zero-order valence-corrected chi connectivity index (χ0v) is 12.1. The fraction of sp³-hybridized carbons (Fsp3) is 0. The molecule has 0 spiro atoms. The lowest BCUT2D eigenvalue weighted by atomic mass is 10.1. The summed E-state index contributed by atoms with van der Waals surface area (Å²) < 4.78 is 26.9. The van der Waals surface area contributed by atoms with Crippen molar-refractivity contribution in [1.29, 1.82) is 0 Å². The van der Waals surface area contributed by atoms with Gasteiger partial charge in [-0.05, 0) is 29.0 Å². The quantitative estimate of drug-likeness (QED) is 0.689. The molecule has 0 fully saturated rings. The van der Waals surface area contributed by atoms with Crippen molar-refractivity contribution < 1.29 is 18.3 Å². The van der Waals surface area contributed by atoms with Gasteiger partial charge in [-0.3, -0.25) is 4.72 Å². The molecule has 0 aliphatic heterocycles. The van der Waals surface area contributed by atoms with Crippen LogP contribution >= 0.6 is 0 Å². The molecule has 2 aromatic carbocycles. The van der Waals surface area contributed by atoms with E-state index in [9.17, 15) is 13.2 Å². The first-order chi connectivity index (χ1) is 10.5. The van der Waals surface area contributed by atoms with Crippen LogP contribution in [0.5, 0.6) is 0 Å². The van der Waals surface area contributed by atoms with Crippen LogP contribution in [-0.2, 0) is 10.0 Å². The van der Waals surface area contributed by atoms with Crippen molar-refractivity contribution in [2.24, 2.45) is 0 Å². The van der Waals surface area contributed by atoms with Crippen LogP contribution in [0, 0.1) is 0 Å². The first kappa shape index (κ1) is 14.2. The Labute approximate surface area is 126 Å². The molecular weight excluding hydrogens is 304 g/mol. The molecule has 7 heteroatoms. The van der Waals surface area contributed by atoms with Crippen LogP contribution in [-0.4, -0.2) is 24.5 Å². The van der Waals surface area contributed by atoms with Gasteiger partial charge >= 0.3 is 5.97 Å². The number of carboxylic acids is 1. The van der Waals surface area contributed by atoms with E-state index in [-0.39, 0.29) is 10.6 Å². The summed E-state index contributed by atoms with van der Waals surface area (Å²) >= 11 is 0. The minimum atomic E-state index is -3.84. The summed E-state index contributed by atoms with van der Waals surface area (Å²) in [5, 5.41) is 10.7. The van der Waals surface area contributed by atoms with Gasteiger partial charge in [-0.25, -0.2) is 13.2 Å². The molecule has 0 aliphatic rings. The highest BCUT2D eigenvalue weighted by atomic mass is 32.2. The number of hydrogen-bond donors (Lipinski definition) is 3. The third-order valence-electron chi connectivity index (χ3n) is 3.20. The Kier molecular flexibility index (Phi) is 3.34. The lowest BCUT2D eigenvalue weighted by Crippen LogP contribution is -2.12. The van der Waals surface area contributed by atoms with Gasteiger partial charge in [0, 0.05) is 11.9 Å². The predicted octanol–water partition coefficient (Wildman–Crippen LogP) is 2.67. The number of aromatic nitrogens is 1. The second kappa shape index (κ2) is 5.19. The normalized spacial score (nSPS) is 11.5. The van der Waals surface area contributed by atoms with Gasteiger partial charge in [0.05, 0.1) is 0 Å². The molecule has 0 radical (unpaired) electrons. The molecule has 0 saturated carbocycles. The summed E-state index contributed by atoms with van der Waals surface area (Å²) in [6.45, 7) is 0. The fourth-order valence-electron chi connectivity index (χ4n) is 2.12. The van der Waals surface area contributed by atoms with Crippen LogP contribution in [0.1, 0.15) is 10.5 Å². The number of sulfonamides is 1. The first-order valence-electron chi connectivity index (χ1n) is 6.39. The number of carboxylic acid groups (broad SMARTS) is 1. The highest BCUT2D eigenvalue weighted by Crippen LogP contribution is 2.22. The summed E-state index contributed by atoms with van der Waals surface area (Å²) in [6.07, 6.45) is 1.15. The second-order valence-electron chi connectivity index (χ2n) is 4.72. The first-order valence-corrected chi connectivity index (χ1v) is 7.87. The number of H-pyrrole nitrogens is 1. The van der Waals surface area contributed by atoms with Crippen LogP contribution in [0.15, 0.2) is 59.6 Å². The molecule has 0 bridgehead atoms. The minimum Gasteiger partial charge on any atom is -0.477 e. The molecule has 0 amide bonds. The van der Waals surface area contributed by atoms with Gasteiger partial charge in [-0.2, -0.15) is 0 Å². The van der Waals surface area contributed by atoms with E-state index in [4.69, 9.17) is 5.11 Å². The summed E-state index contributed by atoms with van der Waals surface area (Å²) in [7, 11) is -3.84. The van der Waals surface area contributed by atoms with Gasteiger partial charge in [0.15, 0.2) is 0 Å². The molecule has 22 heavy (non-hydrogen) atoms. The monoisotopic (exact) mass is 316 g/mol. The molecule has 0 saturated heterocycles. The van der Waals surface area contributed by atoms with E-state index >= 15 is 0 Å². The Hall–Kier alpha value is -2.80. The molecule has 0 aliphatic carbocycles. The Morgan fingerprint density at radius 2 is 1.77 bits per heavy atom. The van der Waals surface area contributed by atoms with Crippen molar-refractivity contribution in [2.75, 3.05) is 4.72 Å². The molecule has 0 atom stereocenters. The van der Waals surface area contributed by atoms with Crippen LogP contribution < -0.4 is 4.72 Å². The van der Waals surface area contributed by atoms with Crippen molar-refractivity contribution in [3.63, 3.8) is 0 Å². The molecule has 1 aromatic heterocycles. The maximum Gasteiger partial charge on any atom is 0.352 e. The van der Waals surface area contributed by atoms with Gasteiger partial charge in [-0.15, -0.1) is 0 Å². The lowest BCUT2D eigenvalue weighted by molar-refractivity contribution is 0.0691. The lowest BCUT2D eigenvalue weighted by Gasteiger charge is -2.07. The SMILES string of the molecule is O=C(O)c1cc(S(=O)(=O)Nc2ccc3ccccc3c2)c[nH]1. The van der Waals surface area contributed by atoms with Crippen molar-refractivity contribution in [3.05, 3.63) is 60.4 Å². The predicted molar refractivity (Wildman–Crippen MR) is 82.5 cm³/mol. The van der Waals surface area contributed by atoms with Gasteiger partial charge in [-0.1, -0.05) is 30.3 Å². The van der Waals surface area contributed by atoms with Crippen molar-refractivity contribution >= 4 is 32.5 Å². The molecule has 0 unspecified atom stereocenters. The summed E-state index contributed by atoms with van der Waals surface area (Å²) in [5.74, 6) is -1.22. The van der Waals surface area contributed by atoms with Gasteiger partial charge in [0.2, 0.25) is 0 Å². The minimum absolute atomic E-state index is 0.127. The molecule has 112 valence electrons. The van der Waals surface area contributed by atoms with Crippen LogP contribution in [0.3, 0.4) is 0 Å². The largest absolute Gasteiger partial charge is 0.477 e. The zero-order valence-electron chi connectivity index (χ0n) is 11.3. The smallest absolute Gasteiger partial charge is 0.352 e. The summed E-state index contributed by atoms with van der Waals surface area (Å²) in [6, 6.07) is 13.8. The zero-order chi connectivity index (χ0) is 15.7. The van der Waals surface area contributed by atoms with Gasteiger partial charge in [0.25, 0.3) is 10.0 Å². The highest BCUT2D eigenvalue weighted by Gasteiger charge is 2.18. The molecule has 6 nitrogen and oxygen atoms in total. The van der Waals surface area contributed by atoms with Gasteiger partial charge < -0.3 is 10.1 Å². The number of aromatic carboxylic acids is 1. The Bertz CT molecular complexity index is 960. The number of nitrogens with one attached hydrogen (secondary N) is 2. The highest BCUT2D eigenvalue weighted by molar-refractivity contribution is 7.92. The van der Waals surface area contributed by atoms with Crippen LogP contribution in [0.4, 0.5) is 5.69 Å². The van der Waals surface area contributed by atoms with E-state index in [0.29, 0.717) is 5.69 Å². The third-order valence-corrected chi connectivity index (χ3v) is 4.56. The maximum atomic E-state index is 12.2. The number of rotatable bonds is 4. The third kappa shape index (κ3) is 2.66. The fourth-order valence-corrected chi connectivity index (χ4v) is 3.16. The van der Waals surface area contributed by atoms with Crippen molar-refractivity contribution in [2.45, 2.75) is 4.90 Å². The Morgan fingerprint density at radius 1 is 1.05 bits per heavy atom. The topological polar surface area (TPSA) is 99.3 Å². The van der Waals surface area contributed by atoms with Crippen molar-refractivity contribution in [3.8, 4) is 0 Å².